The molecule has 0 radical (unpaired) electrons. The van der Waals surface area contributed by atoms with Gasteiger partial charge in [-0.25, -0.2) is 4.39 Å². The summed E-state index contributed by atoms with van der Waals surface area (Å²) in [5.41, 5.74) is 0.105. The molecule has 2 N–H and O–H groups in total. The molecule has 94 valence electrons. The predicted octanol–water partition coefficient (Wildman–Crippen LogP) is 2.90. The van der Waals surface area contributed by atoms with Gasteiger partial charge in [-0.2, -0.15) is 0 Å². The van der Waals surface area contributed by atoms with Crippen molar-refractivity contribution in [1.82, 2.24) is 5.32 Å². The summed E-state index contributed by atoms with van der Waals surface area (Å²) < 4.78 is 19.8. The highest BCUT2D eigenvalue weighted by Gasteiger charge is 2.36. The molecule has 1 atom stereocenters. The third-order valence-electron chi connectivity index (χ3n) is 3.28. The van der Waals surface area contributed by atoms with E-state index in [-0.39, 0.29) is 11.5 Å². The molecule has 1 saturated heterocycles. The molecule has 0 aliphatic carbocycles. The number of halogens is 2. The highest BCUT2D eigenvalue weighted by molar-refractivity contribution is 9.10. The van der Waals surface area contributed by atoms with Gasteiger partial charge in [0.15, 0.2) is 17.3 Å². The van der Waals surface area contributed by atoms with E-state index < -0.39 is 11.4 Å². The predicted molar refractivity (Wildman–Crippen MR) is 66.9 cm³/mol. The van der Waals surface area contributed by atoms with Crippen molar-refractivity contribution in [2.75, 3.05) is 13.7 Å². The van der Waals surface area contributed by atoms with Crippen molar-refractivity contribution >= 4 is 15.9 Å². The molecule has 0 amide bonds. The van der Waals surface area contributed by atoms with E-state index in [1.54, 1.807) is 0 Å². The summed E-state index contributed by atoms with van der Waals surface area (Å²) in [6.45, 7) is 2.82. The molecule has 1 unspecified atom stereocenters. The average Bonchev–Trinajstić information content (AvgIpc) is 2.65. The number of hydrogen-bond donors (Lipinski definition) is 2. The zero-order valence-electron chi connectivity index (χ0n) is 9.81. The second-order valence-corrected chi connectivity index (χ2v) is 5.32. The molecule has 2 rings (SSSR count). The van der Waals surface area contributed by atoms with Gasteiger partial charge in [0, 0.05) is 15.6 Å². The second-order valence-electron chi connectivity index (χ2n) is 4.46. The summed E-state index contributed by atoms with van der Waals surface area (Å²) in [5.74, 6) is -0.795. The highest BCUT2D eigenvalue weighted by atomic mass is 79.9. The van der Waals surface area contributed by atoms with Crippen molar-refractivity contribution in [3.05, 3.63) is 21.9 Å². The summed E-state index contributed by atoms with van der Waals surface area (Å²) in [4.78, 5) is 0. The monoisotopic (exact) mass is 303 g/mol. The van der Waals surface area contributed by atoms with E-state index in [0.717, 1.165) is 19.4 Å². The standard InChI is InChI=1S/C12H15BrFNO2/c1-12(4-3-5-15-12)9-7(13)6-8(16)11(17-2)10(9)14/h6,15-16H,3-5H2,1-2H3. The minimum absolute atomic E-state index is 0.0990. The Bertz CT molecular complexity index is 445. The molecule has 5 heteroatoms. The lowest BCUT2D eigenvalue weighted by molar-refractivity contribution is 0.336. The molecule has 1 aliphatic heterocycles. The molecular formula is C12H15BrFNO2. The first kappa shape index (κ1) is 12.6. The molecule has 1 aromatic carbocycles. The van der Waals surface area contributed by atoms with E-state index in [2.05, 4.69) is 21.2 Å². The van der Waals surface area contributed by atoms with Crippen LogP contribution in [0.3, 0.4) is 0 Å². The van der Waals surface area contributed by atoms with Gasteiger partial charge in [-0.05, 0) is 32.4 Å². The normalized spacial score (nSPS) is 24.0. The average molecular weight is 304 g/mol. The van der Waals surface area contributed by atoms with Crippen LogP contribution in [0.25, 0.3) is 0 Å². The van der Waals surface area contributed by atoms with Crippen LogP contribution in [0.5, 0.6) is 11.5 Å². The highest BCUT2D eigenvalue weighted by Crippen LogP contribution is 2.43. The zero-order valence-corrected chi connectivity index (χ0v) is 11.4. The van der Waals surface area contributed by atoms with Crippen LogP contribution >= 0.6 is 15.9 Å². The van der Waals surface area contributed by atoms with Gasteiger partial charge in [0.25, 0.3) is 0 Å². The fourth-order valence-corrected chi connectivity index (χ4v) is 3.22. The topological polar surface area (TPSA) is 41.5 Å². The third-order valence-corrected chi connectivity index (χ3v) is 3.90. The quantitative estimate of drug-likeness (QED) is 0.883. The van der Waals surface area contributed by atoms with E-state index >= 15 is 0 Å². The van der Waals surface area contributed by atoms with Crippen molar-refractivity contribution in [3.63, 3.8) is 0 Å². The molecule has 0 bridgehead atoms. The van der Waals surface area contributed by atoms with Gasteiger partial charge in [-0.15, -0.1) is 0 Å². The Morgan fingerprint density at radius 2 is 2.29 bits per heavy atom. The molecule has 0 saturated carbocycles. The number of ether oxygens (including phenoxy) is 1. The van der Waals surface area contributed by atoms with Gasteiger partial charge < -0.3 is 15.2 Å². The number of benzene rings is 1. The lowest BCUT2D eigenvalue weighted by Gasteiger charge is -2.27. The lowest BCUT2D eigenvalue weighted by Crippen LogP contribution is -2.34. The minimum Gasteiger partial charge on any atom is -0.504 e. The van der Waals surface area contributed by atoms with E-state index in [1.165, 1.54) is 13.2 Å². The number of aromatic hydroxyl groups is 1. The number of nitrogens with one attached hydrogen (secondary N) is 1. The second kappa shape index (κ2) is 4.46. The number of methoxy groups -OCH3 is 1. The SMILES string of the molecule is COc1c(O)cc(Br)c(C2(C)CCCN2)c1F. The number of rotatable bonds is 2. The zero-order chi connectivity index (χ0) is 12.6. The van der Waals surface area contributed by atoms with Crippen molar-refractivity contribution in [2.24, 2.45) is 0 Å². The molecule has 0 spiro atoms. The Morgan fingerprint density at radius 3 is 2.82 bits per heavy atom. The maximum Gasteiger partial charge on any atom is 0.196 e. The van der Waals surface area contributed by atoms with E-state index in [0.29, 0.717) is 10.0 Å². The Balaban J connectivity index is 2.60. The van der Waals surface area contributed by atoms with Gasteiger partial charge in [0.05, 0.1) is 7.11 Å². The molecular weight excluding hydrogens is 289 g/mol. The Labute approximate surface area is 108 Å². The smallest absolute Gasteiger partial charge is 0.196 e. The first-order valence-electron chi connectivity index (χ1n) is 5.50. The fourth-order valence-electron chi connectivity index (χ4n) is 2.40. The van der Waals surface area contributed by atoms with Crippen LogP contribution in [0.2, 0.25) is 0 Å². The summed E-state index contributed by atoms with van der Waals surface area (Å²) in [5, 5.41) is 12.9. The van der Waals surface area contributed by atoms with Crippen LogP contribution in [-0.2, 0) is 5.54 Å². The molecule has 1 aliphatic rings. The summed E-state index contributed by atoms with van der Waals surface area (Å²) >= 11 is 3.31. The van der Waals surface area contributed by atoms with E-state index in [1.807, 2.05) is 6.92 Å². The van der Waals surface area contributed by atoms with Crippen molar-refractivity contribution in [2.45, 2.75) is 25.3 Å². The van der Waals surface area contributed by atoms with Crippen LogP contribution in [0.4, 0.5) is 4.39 Å². The molecule has 1 fully saturated rings. The third kappa shape index (κ3) is 2.02. The molecule has 3 nitrogen and oxygen atoms in total. The number of phenolic OH excluding ortho intramolecular Hbond substituents is 1. The Hall–Kier alpha value is -0.810. The molecule has 17 heavy (non-hydrogen) atoms. The lowest BCUT2D eigenvalue weighted by atomic mass is 9.89. The first-order chi connectivity index (χ1) is 7.99. The van der Waals surface area contributed by atoms with Gasteiger partial charge in [-0.1, -0.05) is 15.9 Å². The molecule has 1 aromatic rings. The van der Waals surface area contributed by atoms with E-state index in [9.17, 15) is 9.50 Å². The molecule has 0 aromatic heterocycles. The summed E-state index contributed by atoms with van der Waals surface area (Å²) in [7, 11) is 1.35. The van der Waals surface area contributed by atoms with Crippen LogP contribution in [-0.4, -0.2) is 18.8 Å². The maximum absolute atomic E-state index is 14.3. The van der Waals surface area contributed by atoms with Crippen LogP contribution in [0.15, 0.2) is 10.5 Å². The largest absolute Gasteiger partial charge is 0.504 e. The van der Waals surface area contributed by atoms with Crippen LogP contribution < -0.4 is 10.1 Å². The van der Waals surface area contributed by atoms with Crippen LogP contribution in [0, 0.1) is 5.82 Å². The molecule has 1 heterocycles. The van der Waals surface area contributed by atoms with Gasteiger partial charge in [-0.3, -0.25) is 0 Å². The van der Waals surface area contributed by atoms with Gasteiger partial charge >= 0.3 is 0 Å². The Morgan fingerprint density at radius 1 is 1.59 bits per heavy atom. The van der Waals surface area contributed by atoms with Crippen molar-refractivity contribution < 1.29 is 14.2 Å². The number of phenols is 1. The Kier molecular flexibility index (Phi) is 3.32. The summed E-state index contributed by atoms with van der Waals surface area (Å²) in [6.07, 6.45) is 1.86. The number of hydrogen-bond acceptors (Lipinski definition) is 3. The fraction of sp³-hybridized carbons (Fsp3) is 0.500. The van der Waals surface area contributed by atoms with Crippen molar-refractivity contribution in [1.29, 1.82) is 0 Å². The van der Waals surface area contributed by atoms with Gasteiger partial charge in [0.1, 0.15) is 0 Å². The van der Waals surface area contributed by atoms with Crippen LogP contribution in [0.1, 0.15) is 25.3 Å². The first-order valence-corrected chi connectivity index (χ1v) is 6.29. The maximum atomic E-state index is 14.3. The van der Waals surface area contributed by atoms with Gasteiger partial charge in [0.2, 0.25) is 0 Å². The summed E-state index contributed by atoms with van der Waals surface area (Å²) in [6, 6.07) is 1.47. The minimum atomic E-state index is -0.503. The van der Waals surface area contributed by atoms with Crippen molar-refractivity contribution in [3.8, 4) is 11.5 Å². The van der Waals surface area contributed by atoms with E-state index in [4.69, 9.17) is 4.74 Å².